The van der Waals surface area contributed by atoms with Gasteiger partial charge >= 0.3 is 6.09 Å². The Balaban J connectivity index is 2.03. The van der Waals surface area contributed by atoms with Gasteiger partial charge in [0.2, 0.25) is 0 Å². The summed E-state index contributed by atoms with van der Waals surface area (Å²) in [4.78, 5) is 27.5. The smallest absolute Gasteiger partial charge is 0.405 e. The first-order valence-electron chi connectivity index (χ1n) is 7.62. The van der Waals surface area contributed by atoms with E-state index in [2.05, 4.69) is 10.3 Å². The molecule has 1 amide bonds. The molecule has 1 aliphatic carbocycles. The van der Waals surface area contributed by atoms with Gasteiger partial charge in [0.05, 0.1) is 16.6 Å². The van der Waals surface area contributed by atoms with E-state index < -0.39 is 23.7 Å². The summed E-state index contributed by atoms with van der Waals surface area (Å²) in [7, 11) is 0. The van der Waals surface area contributed by atoms with Crippen molar-refractivity contribution in [2.24, 2.45) is 5.92 Å². The van der Waals surface area contributed by atoms with Crippen molar-refractivity contribution in [3.63, 3.8) is 0 Å². The molecule has 1 heterocycles. The maximum absolute atomic E-state index is 15.1. The Morgan fingerprint density at radius 1 is 1.32 bits per heavy atom. The predicted octanol–water partition coefficient (Wildman–Crippen LogP) is 3.41. The van der Waals surface area contributed by atoms with Crippen molar-refractivity contribution in [1.29, 1.82) is 0 Å². The molecule has 0 bridgehead atoms. The molecule has 1 fully saturated rings. The number of nitrogens with zero attached hydrogens (tertiary/aromatic N) is 1. The molecule has 0 saturated heterocycles. The number of hydrogen-bond donors (Lipinski definition) is 3. The lowest BCUT2D eigenvalue weighted by molar-refractivity contribution is 0.103. The summed E-state index contributed by atoms with van der Waals surface area (Å²) in [6.07, 6.45) is 1.58. The van der Waals surface area contributed by atoms with E-state index in [1.807, 2.05) is 0 Å². The van der Waals surface area contributed by atoms with Crippen molar-refractivity contribution in [2.45, 2.75) is 18.9 Å². The van der Waals surface area contributed by atoms with Gasteiger partial charge in [-0.3, -0.25) is 4.79 Å². The molecule has 1 aromatic heterocycles. The summed E-state index contributed by atoms with van der Waals surface area (Å²) in [6.45, 7) is 0. The molecule has 1 atom stereocenters. The minimum Gasteiger partial charge on any atom is -0.465 e. The van der Waals surface area contributed by atoms with Gasteiger partial charge in [-0.05, 0) is 37.0 Å². The van der Waals surface area contributed by atoms with Crippen LogP contribution >= 0.6 is 11.6 Å². The molecule has 0 spiro atoms. The molecular weight excluding hydrogens is 349 g/mol. The van der Waals surface area contributed by atoms with Gasteiger partial charge in [0.25, 0.3) is 0 Å². The summed E-state index contributed by atoms with van der Waals surface area (Å²) < 4.78 is 15.1. The minimum absolute atomic E-state index is 0.00733. The van der Waals surface area contributed by atoms with Crippen molar-refractivity contribution in [3.05, 3.63) is 58.0 Å². The maximum Gasteiger partial charge on any atom is 0.405 e. The fourth-order valence-corrected chi connectivity index (χ4v) is 2.94. The molecule has 6 nitrogen and oxygen atoms in total. The van der Waals surface area contributed by atoms with Crippen molar-refractivity contribution in [3.8, 4) is 0 Å². The third-order valence-electron chi connectivity index (χ3n) is 4.10. The van der Waals surface area contributed by atoms with Gasteiger partial charge < -0.3 is 16.2 Å². The third kappa shape index (κ3) is 3.56. The van der Waals surface area contributed by atoms with E-state index in [0.29, 0.717) is 0 Å². The number of hydrogen-bond acceptors (Lipinski definition) is 4. The number of anilines is 1. The molecular formula is C17H15ClFN3O3. The summed E-state index contributed by atoms with van der Waals surface area (Å²) in [5.41, 5.74) is 5.44. The SMILES string of the molecule is Nc1ccc(C(=O)c2c(Cl)ccc(C(NC(=O)O)C3CC3)c2F)cn1. The van der Waals surface area contributed by atoms with E-state index >= 15 is 4.39 Å². The Bertz CT molecular complexity index is 838. The Morgan fingerprint density at radius 2 is 2.04 bits per heavy atom. The highest BCUT2D eigenvalue weighted by Crippen LogP contribution is 2.42. The van der Waals surface area contributed by atoms with Gasteiger partial charge in [0.15, 0.2) is 5.78 Å². The van der Waals surface area contributed by atoms with Crippen LogP contribution in [0.4, 0.5) is 15.0 Å². The molecule has 25 heavy (non-hydrogen) atoms. The zero-order chi connectivity index (χ0) is 18.1. The zero-order valence-electron chi connectivity index (χ0n) is 13.0. The second-order valence-electron chi connectivity index (χ2n) is 5.89. The maximum atomic E-state index is 15.1. The normalized spacial score (nSPS) is 14.8. The Hall–Kier alpha value is -2.67. The monoisotopic (exact) mass is 363 g/mol. The van der Waals surface area contributed by atoms with Crippen molar-refractivity contribution in [2.75, 3.05) is 5.73 Å². The van der Waals surface area contributed by atoms with Gasteiger partial charge in [-0.1, -0.05) is 17.7 Å². The number of carbonyl (C=O) groups is 2. The standard InChI is InChI=1S/C17H15ClFN3O3/c18-11-5-4-10(15(8-1-2-8)22-17(24)25)14(19)13(11)16(23)9-3-6-12(20)21-7-9/h3-8,15,22H,1-2H2,(H2,20,21)(H,24,25). The van der Waals surface area contributed by atoms with Gasteiger partial charge in [-0.15, -0.1) is 0 Å². The van der Waals surface area contributed by atoms with Crippen LogP contribution in [0.25, 0.3) is 0 Å². The van der Waals surface area contributed by atoms with E-state index in [0.717, 1.165) is 12.8 Å². The molecule has 0 aliphatic heterocycles. The van der Waals surface area contributed by atoms with Crippen molar-refractivity contribution in [1.82, 2.24) is 10.3 Å². The number of halogens is 2. The zero-order valence-corrected chi connectivity index (χ0v) is 13.8. The van der Waals surface area contributed by atoms with Crippen LogP contribution in [0, 0.1) is 11.7 Å². The number of nitrogens with two attached hydrogens (primary N) is 1. The highest BCUT2D eigenvalue weighted by Gasteiger charge is 2.36. The lowest BCUT2D eigenvalue weighted by atomic mass is 9.95. The average molecular weight is 364 g/mol. The largest absolute Gasteiger partial charge is 0.465 e. The molecule has 1 saturated carbocycles. The summed E-state index contributed by atoms with van der Waals surface area (Å²) in [5, 5.41) is 11.3. The van der Waals surface area contributed by atoms with Crippen LogP contribution < -0.4 is 11.1 Å². The molecule has 130 valence electrons. The number of aromatic nitrogens is 1. The van der Waals surface area contributed by atoms with Crippen LogP contribution in [0.15, 0.2) is 30.5 Å². The van der Waals surface area contributed by atoms with Gasteiger partial charge in [-0.2, -0.15) is 0 Å². The quantitative estimate of drug-likeness (QED) is 0.706. The van der Waals surface area contributed by atoms with E-state index in [-0.39, 0.29) is 33.4 Å². The second kappa shape index (κ2) is 6.68. The molecule has 1 aromatic carbocycles. The number of pyridine rings is 1. The Labute approximate surface area is 147 Å². The number of benzene rings is 1. The fraction of sp³-hybridized carbons (Fsp3) is 0.235. The van der Waals surface area contributed by atoms with Crippen LogP contribution in [0.5, 0.6) is 0 Å². The summed E-state index contributed by atoms with van der Waals surface area (Å²) >= 11 is 6.04. The van der Waals surface area contributed by atoms with Crippen molar-refractivity contribution >= 4 is 29.3 Å². The number of nitrogens with one attached hydrogen (secondary N) is 1. The first-order chi connectivity index (χ1) is 11.9. The van der Waals surface area contributed by atoms with Gasteiger partial charge in [0, 0.05) is 17.3 Å². The van der Waals surface area contributed by atoms with Crippen LogP contribution in [0.3, 0.4) is 0 Å². The molecule has 2 aromatic rings. The number of carboxylic acid groups (broad SMARTS) is 1. The highest BCUT2D eigenvalue weighted by atomic mass is 35.5. The molecule has 1 unspecified atom stereocenters. The average Bonchev–Trinajstić information content (AvgIpc) is 3.38. The van der Waals surface area contributed by atoms with Crippen LogP contribution in [0.1, 0.15) is 40.4 Å². The van der Waals surface area contributed by atoms with Gasteiger partial charge in [-0.25, -0.2) is 14.2 Å². The number of ketones is 1. The number of amides is 1. The Morgan fingerprint density at radius 3 is 2.60 bits per heavy atom. The number of nitrogen functional groups attached to an aromatic ring is 1. The van der Waals surface area contributed by atoms with E-state index in [4.69, 9.17) is 22.4 Å². The first kappa shape index (κ1) is 17.2. The predicted molar refractivity (Wildman–Crippen MR) is 90.1 cm³/mol. The minimum atomic E-state index is -1.25. The van der Waals surface area contributed by atoms with E-state index in [9.17, 15) is 9.59 Å². The molecule has 4 N–H and O–H groups in total. The third-order valence-corrected chi connectivity index (χ3v) is 4.42. The number of rotatable bonds is 5. The topological polar surface area (TPSA) is 105 Å². The molecule has 1 aliphatic rings. The highest BCUT2D eigenvalue weighted by molar-refractivity contribution is 6.35. The fourth-order valence-electron chi connectivity index (χ4n) is 2.71. The molecule has 8 heteroatoms. The summed E-state index contributed by atoms with van der Waals surface area (Å²) in [6, 6.07) is 4.96. The number of carbonyl (C=O) groups excluding carboxylic acids is 1. The van der Waals surface area contributed by atoms with E-state index in [1.54, 1.807) is 0 Å². The van der Waals surface area contributed by atoms with Crippen LogP contribution in [-0.4, -0.2) is 22.0 Å². The van der Waals surface area contributed by atoms with E-state index in [1.165, 1.54) is 30.5 Å². The lowest BCUT2D eigenvalue weighted by Gasteiger charge is -2.19. The molecule has 3 rings (SSSR count). The Kier molecular flexibility index (Phi) is 4.59. The molecule has 0 radical (unpaired) electrons. The lowest BCUT2D eigenvalue weighted by Crippen LogP contribution is -2.29. The second-order valence-corrected chi connectivity index (χ2v) is 6.30. The van der Waals surface area contributed by atoms with Crippen LogP contribution in [-0.2, 0) is 0 Å². The first-order valence-corrected chi connectivity index (χ1v) is 8.00. The summed E-state index contributed by atoms with van der Waals surface area (Å²) in [5.74, 6) is -1.22. The van der Waals surface area contributed by atoms with Crippen molar-refractivity contribution < 1.29 is 19.1 Å². The van der Waals surface area contributed by atoms with Gasteiger partial charge in [0.1, 0.15) is 11.6 Å². The van der Waals surface area contributed by atoms with Crippen LogP contribution in [0.2, 0.25) is 5.02 Å².